The highest BCUT2D eigenvalue weighted by Crippen LogP contribution is 2.40. The lowest BCUT2D eigenvalue weighted by Gasteiger charge is -2.28. The normalized spacial score (nSPS) is 14.0. The van der Waals surface area contributed by atoms with Crippen LogP contribution in [0.25, 0.3) is 0 Å². The van der Waals surface area contributed by atoms with Crippen molar-refractivity contribution < 1.29 is 5.11 Å². The first-order chi connectivity index (χ1) is 10.9. The highest BCUT2D eigenvalue weighted by atomic mass is 32.1. The van der Waals surface area contributed by atoms with E-state index < -0.39 is 0 Å². The highest BCUT2D eigenvalue weighted by molar-refractivity contribution is 7.81. The fourth-order valence-corrected chi connectivity index (χ4v) is 3.67. The second kappa shape index (κ2) is 5.97. The van der Waals surface area contributed by atoms with Gasteiger partial charge in [-0.3, -0.25) is 0 Å². The van der Waals surface area contributed by atoms with Crippen molar-refractivity contribution in [2.75, 3.05) is 4.90 Å². The first-order valence-corrected chi connectivity index (χ1v) is 8.57. The Labute approximate surface area is 143 Å². The molecule has 0 atom stereocenters. The first-order valence-electron chi connectivity index (χ1n) is 8.16. The van der Waals surface area contributed by atoms with Gasteiger partial charge >= 0.3 is 0 Å². The number of hydrogen-bond acceptors (Lipinski definition) is 2. The second-order valence-electron chi connectivity index (χ2n) is 6.83. The van der Waals surface area contributed by atoms with Crippen LogP contribution in [0.3, 0.4) is 0 Å². The zero-order chi connectivity index (χ0) is 16.7. The molecule has 0 spiro atoms. The number of benzene rings is 2. The predicted molar refractivity (Wildman–Crippen MR) is 101 cm³/mol. The summed E-state index contributed by atoms with van der Waals surface area (Å²) in [6, 6.07) is 12.0. The number of anilines is 1. The number of rotatable bonds is 3. The van der Waals surface area contributed by atoms with Crippen LogP contribution in [0.1, 0.15) is 61.8 Å². The molecule has 0 saturated heterocycles. The molecule has 1 N–H and O–H groups in total. The summed E-state index contributed by atoms with van der Waals surface area (Å²) in [5.74, 6) is 1.17. The lowest BCUT2D eigenvalue weighted by atomic mass is 9.92. The number of fused-ring (bicyclic) bond motifs is 1. The molecule has 1 aliphatic heterocycles. The lowest BCUT2D eigenvalue weighted by Crippen LogP contribution is -2.25. The summed E-state index contributed by atoms with van der Waals surface area (Å²) < 4.78 is 0. The lowest BCUT2D eigenvalue weighted by molar-refractivity contribution is 0.474. The molecule has 0 fully saturated rings. The Hall–Kier alpha value is -1.87. The Morgan fingerprint density at radius 3 is 2.17 bits per heavy atom. The number of hydrogen-bond donors (Lipinski definition) is 1. The van der Waals surface area contributed by atoms with Crippen LogP contribution >= 0.6 is 12.2 Å². The molecular formula is C20H23NOS. The second-order valence-corrected chi connectivity index (χ2v) is 7.21. The SMILES string of the molecule is CC(C)c1cccc(C(C)C)c1N1Cc2cc(O)ccc2C1=S. The maximum Gasteiger partial charge on any atom is 0.115 e. The molecule has 1 aliphatic rings. The van der Waals surface area contributed by atoms with Gasteiger partial charge in [-0.25, -0.2) is 0 Å². The maximum absolute atomic E-state index is 9.76. The van der Waals surface area contributed by atoms with Gasteiger partial charge in [0.2, 0.25) is 0 Å². The van der Waals surface area contributed by atoms with Crippen LogP contribution in [0.5, 0.6) is 5.75 Å². The summed E-state index contributed by atoms with van der Waals surface area (Å²) in [6.07, 6.45) is 0. The van der Waals surface area contributed by atoms with E-state index in [9.17, 15) is 5.11 Å². The number of thiocarbonyl (C=S) groups is 1. The van der Waals surface area contributed by atoms with Gasteiger partial charge in [-0.05, 0) is 46.7 Å². The van der Waals surface area contributed by atoms with Crippen LogP contribution < -0.4 is 4.90 Å². The Kier molecular flexibility index (Phi) is 4.15. The molecular weight excluding hydrogens is 302 g/mol. The molecule has 0 aromatic heterocycles. The molecule has 0 radical (unpaired) electrons. The molecule has 2 aromatic carbocycles. The third-order valence-corrected chi connectivity index (χ3v) is 4.95. The van der Waals surface area contributed by atoms with Gasteiger partial charge in [0.1, 0.15) is 10.7 Å². The van der Waals surface area contributed by atoms with Crippen molar-refractivity contribution in [1.29, 1.82) is 0 Å². The molecule has 23 heavy (non-hydrogen) atoms. The van der Waals surface area contributed by atoms with Gasteiger partial charge in [0, 0.05) is 17.8 Å². The van der Waals surface area contributed by atoms with Crippen LogP contribution in [-0.2, 0) is 6.54 Å². The summed E-state index contributed by atoms with van der Waals surface area (Å²) in [5.41, 5.74) is 6.07. The molecule has 3 heteroatoms. The van der Waals surface area contributed by atoms with Crippen molar-refractivity contribution in [2.24, 2.45) is 0 Å². The van der Waals surface area contributed by atoms with Crippen molar-refractivity contribution in [3.8, 4) is 5.75 Å². The summed E-state index contributed by atoms with van der Waals surface area (Å²) >= 11 is 5.76. The molecule has 2 aromatic rings. The zero-order valence-electron chi connectivity index (χ0n) is 14.1. The number of aromatic hydroxyl groups is 1. The van der Waals surface area contributed by atoms with Crippen molar-refractivity contribution in [3.05, 3.63) is 58.7 Å². The highest BCUT2D eigenvalue weighted by Gasteiger charge is 2.29. The van der Waals surface area contributed by atoms with Crippen molar-refractivity contribution in [2.45, 2.75) is 46.1 Å². The fourth-order valence-electron chi connectivity index (χ4n) is 3.31. The molecule has 120 valence electrons. The van der Waals surface area contributed by atoms with Crippen LogP contribution in [0, 0.1) is 0 Å². The number of para-hydroxylation sites is 1. The number of phenols is 1. The Morgan fingerprint density at radius 2 is 1.61 bits per heavy atom. The van der Waals surface area contributed by atoms with Gasteiger partial charge in [0.25, 0.3) is 0 Å². The standard InChI is InChI=1S/C20H23NOS/c1-12(2)16-6-5-7-17(13(3)4)19(16)21-11-14-10-15(22)8-9-18(14)20(21)23/h5-10,12-13,22H,11H2,1-4H3. The van der Waals surface area contributed by atoms with Crippen molar-refractivity contribution in [3.63, 3.8) is 0 Å². The predicted octanol–water partition coefficient (Wildman–Crippen LogP) is 5.33. The van der Waals surface area contributed by atoms with E-state index in [2.05, 4.69) is 50.8 Å². The van der Waals surface area contributed by atoms with Gasteiger partial charge in [-0.1, -0.05) is 58.1 Å². The van der Waals surface area contributed by atoms with Gasteiger partial charge in [-0.2, -0.15) is 0 Å². The molecule has 1 heterocycles. The van der Waals surface area contributed by atoms with E-state index in [1.165, 1.54) is 16.8 Å². The fraction of sp³-hybridized carbons (Fsp3) is 0.350. The van der Waals surface area contributed by atoms with Crippen LogP contribution in [-0.4, -0.2) is 10.1 Å². The van der Waals surface area contributed by atoms with Crippen LogP contribution in [0.2, 0.25) is 0 Å². The zero-order valence-corrected chi connectivity index (χ0v) is 14.9. The van der Waals surface area contributed by atoms with E-state index in [0.29, 0.717) is 17.6 Å². The Morgan fingerprint density at radius 1 is 1.00 bits per heavy atom. The molecule has 0 amide bonds. The minimum atomic E-state index is 0.301. The molecule has 2 nitrogen and oxygen atoms in total. The topological polar surface area (TPSA) is 23.5 Å². The first kappa shape index (κ1) is 16.0. The smallest absolute Gasteiger partial charge is 0.115 e. The summed E-state index contributed by atoms with van der Waals surface area (Å²) in [5, 5.41) is 9.76. The largest absolute Gasteiger partial charge is 0.508 e. The molecule has 3 rings (SSSR count). The summed E-state index contributed by atoms with van der Waals surface area (Å²) in [6.45, 7) is 9.62. The van der Waals surface area contributed by atoms with E-state index in [-0.39, 0.29) is 0 Å². The van der Waals surface area contributed by atoms with Crippen molar-refractivity contribution in [1.82, 2.24) is 0 Å². The summed E-state index contributed by atoms with van der Waals surface area (Å²) in [7, 11) is 0. The molecule has 0 aliphatic carbocycles. The summed E-state index contributed by atoms with van der Waals surface area (Å²) in [4.78, 5) is 3.10. The minimum Gasteiger partial charge on any atom is -0.508 e. The Balaban J connectivity index is 2.15. The van der Waals surface area contributed by atoms with Crippen molar-refractivity contribution >= 4 is 22.9 Å². The maximum atomic E-state index is 9.76. The van der Waals surface area contributed by atoms with Gasteiger partial charge in [0.15, 0.2) is 0 Å². The molecule has 0 unspecified atom stereocenters. The van der Waals surface area contributed by atoms with E-state index in [0.717, 1.165) is 22.7 Å². The van der Waals surface area contributed by atoms with E-state index in [1.54, 1.807) is 6.07 Å². The van der Waals surface area contributed by atoms with E-state index in [1.807, 2.05) is 12.1 Å². The third-order valence-electron chi connectivity index (χ3n) is 4.51. The van der Waals surface area contributed by atoms with E-state index in [4.69, 9.17) is 12.2 Å². The number of nitrogens with zero attached hydrogens (tertiary/aromatic N) is 1. The minimum absolute atomic E-state index is 0.301. The van der Waals surface area contributed by atoms with Crippen LogP contribution in [0.15, 0.2) is 36.4 Å². The average molecular weight is 325 g/mol. The Bertz CT molecular complexity index is 738. The third kappa shape index (κ3) is 2.74. The van der Waals surface area contributed by atoms with Crippen LogP contribution in [0.4, 0.5) is 5.69 Å². The van der Waals surface area contributed by atoms with Gasteiger partial charge in [0.05, 0.1) is 0 Å². The molecule has 0 saturated carbocycles. The monoisotopic (exact) mass is 325 g/mol. The van der Waals surface area contributed by atoms with Gasteiger partial charge < -0.3 is 10.0 Å². The van der Waals surface area contributed by atoms with E-state index >= 15 is 0 Å². The average Bonchev–Trinajstić information content (AvgIpc) is 2.82. The quantitative estimate of drug-likeness (QED) is 0.771. The van der Waals surface area contributed by atoms with Gasteiger partial charge in [-0.15, -0.1) is 0 Å². The molecule has 0 bridgehead atoms. The number of phenolic OH excluding ortho intramolecular Hbond substituents is 1.